The van der Waals surface area contributed by atoms with E-state index in [0.717, 1.165) is 47.6 Å². The standard InChI is InChI=1S/C17H21N3O/c1-11-4-5-12(2)15(8-11)17(21)19-14-6-7-16-18-13(3)9-20(16)10-14/h4-5,8-9,14H,6-7,10H2,1-3H3,(H,19,21)/t14-/m1/s1. The number of amides is 1. The SMILES string of the molecule is Cc1ccc(C)c(C(=O)N[C@@H]2CCc3nc(C)cn3C2)c1. The van der Waals surface area contributed by atoms with Gasteiger partial charge in [0.2, 0.25) is 0 Å². The lowest BCUT2D eigenvalue weighted by molar-refractivity contribution is 0.0927. The summed E-state index contributed by atoms with van der Waals surface area (Å²) in [5, 5.41) is 3.17. The number of hydrogen-bond donors (Lipinski definition) is 1. The summed E-state index contributed by atoms with van der Waals surface area (Å²) in [6.45, 7) is 6.81. The molecule has 0 aliphatic carbocycles. The molecule has 2 aromatic rings. The molecular weight excluding hydrogens is 262 g/mol. The minimum atomic E-state index is 0.0292. The summed E-state index contributed by atoms with van der Waals surface area (Å²) in [5.74, 6) is 1.16. The molecule has 0 bridgehead atoms. The zero-order valence-electron chi connectivity index (χ0n) is 12.8. The quantitative estimate of drug-likeness (QED) is 0.920. The van der Waals surface area contributed by atoms with Crippen LogP contribution in [-0.2, 0) is 13.0 Å². The minimum Gasteiger partial charge on any atom is -0.347 e. The smallest absolute Gasteiger partial charge is 0.251 e. The van der Waals surface area contributed by atoms with Crippen molar-refractivity contribution in [1.82, 2.24) is 14.9 Å². The first-order chi connectivity index (χ1) is 10.0. The van der Waals surface area contributed by atoms with E-state index in [9.17, 15) is 4.79 Å². The van der Waals surface area contributed by atoms with Crippen LogP contribution in [-0.4, -0.2) is 21.5 Å². The van der Waals surface area contributed by atoms with Crippen LogP contribution in [0.1, 0.15) is 39.4 Å². The molecule has 0 radical (unpaired) electrons. The molecule has 4 heteroatoms. The second kappa shape index (κ2) is 5.35. The Hall–Kier alpha value is -2.10. The van der Waals surface area contributed by atoms with Crippen molar-refractivity contribution >= 4 is 5.91 Å². The average molecular weight is 283 g/mol. The third-order valence-corrected chi connectivity index (χ3v) is 4.09. The largest absolute Gasteiger partial charge is 0.347 e. The Morgan fingerprint density at radius 3 is 2.95 bits per heavy atom. The van der Waals surface area contributed by atoms with E-state index >= 15 is 0 Å². The average Bonchev–Trinajstić information content (AvgIpc) is 2.80. The Balaban J connectivity index is 1.73. The number of carbonyl (C=O) groups excluding carboxylic acids is 1. The summed E-state index contributed by atoms with van der Waals surface area (Å²) in [5.41, 5.74) is 3.96. The summed E-state index contributed by atoms with van der Waals surface area (Å²) < 4.78 is 2.16. The fourth-order valence-corrected chi connectivity index (χ4v) is 2.95. The predicted octanol–water partition coefficient (Wildman–Crippen LogP) is 2.55. The number of benzene rings is 1. The number of imidazole rings is 1. The number of fused-ring (bicyclic) bond motifs is 1. The second-order valence-corrected chi connectivity index (χ2v) is 5.98. The van der Waals surface area contributed by atoms with Crippen LogP contribution in [0.4, 0.5) is 0 Å². The zero-order valence-corrected chi connectivity index (χ0v) is 12.8. The number of rotatable bonds is 2. The fourth-order valence-electron chi connectivity index (χ4n) is 2.95. The highest BCUT2D eigenvalue weighted by atomic mass is 16.1. The van der Waals surface area contributed by atoms with Crippen LogP contribution in [0.25, 0.3) is 0 Å². The van der Waals surface area contributed by atoms with Gasteiger partial charge in [-0.1, -0.05) is 17.7 Å². The maximum absolute atomic E-state index is 12.5. The molecule has 0 unspecified atom stereocenters. The monoisotopic (exact) mass is 283 g/mol. The number of aryl methyl sites for hydroxylation is 4. The van der Waals surface area contributed by atoms with Gasteiger partial charge in [-0.3, -0.25) is 4.79 Å². The van der Waals surface area contributed by atoms with Crippen molar-refractivity contribution in [1.29, 1.82) is 0 Å². The first kappa shape index (κ1) is 13.9. The molecule has 1 aliphatic heterocycles. The summed E-state index contributed by atoms with van der Waals surface area (Å²) in [6, 6.07) is 6.18. The normalized spacial score (nSPS) is 17.4. The molecule has 0 fully saturated rings. The second-order valence-electron chi connectivity index (χ2n) is 5.98. The van der Waals surface area contributed by atoms with E-state index in [1.165, 1.54) is 0 Å². The maximum Gasteiger partial charge on any atom is 0.251 e. The molecule has 1 amide bonds. The Morgan fingerprint density at radius 1 is 1.33 bits per heavy atom. The zero-order chi connectivity index (χ0) is 15.0. The molecule has 3 rings (SSSR count). The van der Waals surface area contributed by atoms with E-state index in [4.69, 9.17) is 0 Å². The lowest BCUT2D eigenvalue weighted by atomic mass is 10.0. The lowest BCUT2D eigenvalue weighted by Crippen LogP contribution is -2.41. The molecule has 1 atom stereocenters. The van der Waals surface area contributed by atoms with Crippen LogP contribution >= 0.6 is 0 Å². The van der Waals surface area contributed by atoms with E-state index in [0.29, 0.717) is 0 Å². The number of hydrogen-bond acceptors (Lipinski definition) is 2. The minimum absolute atomic E-state index is 0.0292. The fraction of sp³-hybridized carbons (Fsp3) is 0.412. The lowest BCUT2D eigenvalue weighted by Gasteiger charge is -2.25. The van der Waals surface area contributed by atoms with Gasteiger partial charge in [-0.05, 0) is 38.8 Å². The van der Waals surface area contributed by atoms with Gasteiger partial charge >= 0.3 is 0 Å². The Bertz CT molecular complexity index is 687. The number of aromatic nitrogens is 2. The van der Waals surface area contributed by atoms with E-state index in [2.05, 4.69) is 21.1 Å². The van der Waals surface area contributed by atoms with Crippen molar-refractivity contribution < 1.29 is 4.79 Å². The van der Waals surface area contributed by atoms with E-state index in [1.54, 1.807) is 0 Å². The van der Waals surface area contributed by atoms with Crippen LogP contribution in [0.15, 0.2) is 24.4 Å². The van der Waals surface area contributed by atoms with Gasteiger partial charge in [0, 0.05) is 30.8 Å². The van der Waals surface area contributed by atoms with Gasteiger partial charge in [-0.2, -0.15) is 0 Å². The van der Waals surface area contributed by atoms with E-state index < -0.39 is 0 Å². The highest BCUT2D eigenvalue weighted by Crippen LogP contribution is 2.16. The third kappa shape index (κ3) is 2.84. The van der Waals surface area contributed by atoms with Crippen LogP contribution in [0, 0.1) is 20.8 Å². The molecular formula is C17H21N3O. The first-order valence-corrected chi connectivity index (χ1v) is 7.43. The molecule has 110 valence electrons. The molecule has 1 N–H and O–H groups in total. The summed E-state index contributed by atoms with van der Waals surface area (Å²) >= 11 is 0. The van der Waals surface area contributed by atoms with Crippen LogP contribution in [0.2, 0.25) is 0 Å². The summed E-state index contributed by atoms with van der Waals surface area (Å²) in [4.78, 5) is 17.0. The first-order valence-electron chi connectivity index (χ1n) is 7.43. The van der Waals surface area contributed by atoms with E-state index in [1.807, 2.05) is 39.0 Å². The van der Waals surface area contributed by atoms with Crippen molar-refractivity contribution in [3.05, 3.63) is 52.6 Å². The number of nitrogens with one attached hydrogen (secondary N) is 1. The van der Waals surface area contributed by atoms with Gasteiger partial charge in [0.1, 0.15) is 5.82 Å². The molecule has 1 aromatic carbocycles. The van der Waals surface area contributed by atoms with Crippen LogP contribution in [0.5, 0.6) is 0 Å². The molecule has 1 aliphatic rings. The van der Waals surface area contributed by atoms with Crippen LogP contribution in [0.3, 0.4) is 0 Å². The number of carbonyl (C=O) groups is 1. The van der Waals surface area contributed by atoms with Crippen molar-refractivity contribution in [3.63, 3.8) is 0 Å². The summed E-state index contributed by atoms with van der Waals surface area (Å²) in [6.07, 6.45) is 3.93. The molecule has 2 heterocycles. The van der Waals surface area contributed by atoms with Crippen molar-refractivity contribution in [2.75, 3.05) is 0 Å². The molecule has 21 heavy (non-hydrogen) atoms. The van der Waals surface area contributed by atoms with Gasteiger partial charge in [-0.25, -0.2) is 4.98 Å². The summed E-state index contributed by atoms with van der Waals surface area (Å²) in [7, 11) is 0. The molecule has 0 saturated carbocycles. The Kier molecular flexibility index (Phi) is 3.53. The van der Waals surface area contributed by atoms with Gasteiger partial charge < -0.3 is 9.88 Å². The molecule has 0 saturated heterocycles. The topological polar surface area (TPSA) is 46.9 Å². The predicted molar refractivity (Wildman–Crippen MR) is 82.5 cm³/mol. The van der Waals surface area contributed by atoms with Gasteiger partial charge in [0.15, 0.2) is 0 Å². The molecule has 4 nitrogen and oxygen atoms in total. The highest BCUT2D eigenvalue weighted by Gasteiger charge is 2.22. The van der Waals surface area contributed by atoms with Crippen molar-refractivity contribution in [3.8, 4) is 0 Å². The third-order valence-electron chi connectivity index (χ3n) is 4.09. The van der Waals surface area contributed by atoms with E-state index in [-0.39, 0.29) is 11.9 Å². The highest BCUT2D eigenvalue weighted by molar-refractivity contribution is 5.96. The molecule has 0 spiro atoms. The van der Waals surface area contributed by atoms with Gasteiger partial charge in [0.25, 0.3) is 5.91 Å². The van der Waals surface area contributed by atoms with Crippen LogP contribution < -0.4 is 5.32 Å². The Labute approximate surface area is 125 Å². The maximum atomic E-state index is 12.5. The molecule has 1 aromatic heterocycles. The van der Waals surface area contributed by atoms with Gasteiger partial charge in [-0.15, -0.1) is 0 Å². The Morgan fingerprint density at radius 2 is 2.14 bits per heavy atom. The van der Waals surface area contributed by atoms with Crippen molar-refractivity contribution in [2.24, 2.45) is 0 Å². The number of nitrogens with zero attached hydrogens (tertiary/aromatic N) is 2. The van der Waals surface area contributed by atoms with Gasteiger partial charge in [0.05, 0.1) is 5.69 Å². The van der Waals surface area contributed by atoms with Crippen molar-refractivity contribution in [2.45, 2.75) is 46.2 Å².